The molecule has 4 aromatic carbocycles. The van der Waals surface area contributed by atoms with Crippen molar-refractivity contribution in [3.05, 3.63) is 131 Å². The second kappa shape index (κ2) is 10.8. The van der Waals surface area contributed by atoms with Crippen LogP contribution in [0.5, 0.6) is 0 Å². The Morgan fingerprint density at radius 3 is 1.88 bits per heavy atom. The van der Waals surface area contributed by atoms with Crippen molar-refractivity contribution in [1.82, 2.24) is 0 Å². The summed E-state index contributed by atoms with van der Waals surface area (Å²) >= 11 is 3.41. The van der Waals surface area contributed by atoms with E-state index in [4.69, 9.17) is 4.84 Å². The predicted molar refractivity (Wildman–Crippen MR) is 136 cm³/mol. The first-order chi connectivity index (χ1) is 16.4. The Labute approximate surface area is 207 Å². The summed E-state index contributed by atoms with van der Waals surface area (Å²) < 4.78 is 27.3. The number of hydrogen-bond donors (Lipinski definition) is 0. The minimum absolute atomic E-state index is 0.196. The molecule has 34 heavy (non-hydrogen) atoms. The molecule has 0 fully saturated rings. The Morgan fingerprint density at radius 1 is 0.765 bits per heavy atom. The number of hydroxylamine groups is 1. The highest BCUT2D eigenvalue weighted by Crippen LogP contribution is 2.29. The first kappa shape index (κ1) is 23.9. The standard InChI is InChI=1S/C27H22BrNO4S/c28-23-18-16-21(17-19-23)26(20-34(31,32)25-14-8-3-9-15-25)33-29(24-12-6-2-7-13-24)27(30)22-10-4-1-5-11-22/h1-19,26H,20H2/t26-/m1/s1. The van der Waals surface area contributed by atoms with Gasteiger partial charge < -0.3 is 0 Å². The Morgan fingerprint density at radius 2 is 1.29 bits per heavy atom. The average molecular weight is 536 g/mol. The van der Waals surface area contributed by atoms with Crippen LogP contribution < -0.4 is 5.06 Å². The molecule has 1 atom stereocenters. The molecule has 7 heteroatoms. The zero-order valence-electron chi connectivity index (χ0n) is 18.1. The average Bonchev–Trinajstić information content (AvgIpc) is 2.88. The smallest absolute Gasteiger partial charge is 0.266 e. The van der Waals surface area contributed by atoms with Crippen LogP contribution in [0.2, 0.25) is 0 Å². The van der Waals surface area contributed by atoms with E-state index >= 15 is 0 Å². The molecule has 0 bridgehead atoms. The second-order valence-corrected chi connectivity index (χ2v) is 10.5. The second-order valence-electron chi connectivity index (χ2n) is 7.54. The third-order valence-electron chi connectivity index (χ3n) is 5.14. The largest absolute Gasteiger partial charge is 0.282 e. The lowest BCUT2D eigenvalue weighted by Gasteiger charge is -2.28. The first-order valence-electron chi connectivity index (χ1n) is 10.6. The summed E-state index contributed by atoms with van der Waals surface area (Å²) in [5, 5.41) is 1.17. The van der Waals surface area contributed by atoms with Crippen LogP contribution in [0.3, 0.4) is 0 Å². The van der Waals surface area contributed by atoms with Crippen molar-refractivity contribution in [3.63, 3.8) is 0 Å². The summed E-state index contributed by atoms with van der Waals surface area (Å²) in [6, 6.07) is 33.1. The summed E-state index contributed by atoms with van der Waals surface area (Å²) in [4.78, 5) is 19.9. The molecule has 172 valence electrons. The van der Waals surface area contributed by atoms with Gasteiger partial charge in [0.25, 0.3) is 5.91 Å². The van der Waals surface area contributed by atoms with Crippen LogP contribution in [0.15, 0.2) is 125 Å². The van der Waals surface area contributed by atoms with E-state index < -0.39 is 21.8 Å². The van der Waals surface area contributed by atoms with Gasteiger partial charge >= 0.3 is 0 Å². The number of anilines is 1. The van der Waals surface area contributed by atoms with E-state index in [1.807, 2.05) is 24.3 Å². The summed E-state index contributed by atoms with van der Waals surface area (Å²) in [6.07, 6.45) is -0.939. The minimum Gasteiger partial charge on any atom is -0.266 e. The molecule has 0 saturated carbocycles. The van der Waals surface area contributed by atoms with E-state index in [1.54, 1.807) is 91.0 Å². The van der Waals surface area contributed by atoms with Gasteiger partial charge in [0.05, 0.1) is 16.3 Å². The van der Waals surface area contributed by atoms with Gasteiger partial charge in [0.2, 0.25) is 0 Å². The highest BCUT2D eigenvalue weighted by Gasteiger charge is 2.29. The number of benzene rings is 4. The van der Waals surface area contributed by atoms with Gasteiger partial charge in [-0.3, -0.25) is 9.63 Å². The highest BCUT2D eigenvalue weighted by atomic mass is 79.9. The van der Waals surface area contributed by atoms with Crippen LogP contribution in [0.1, 0.15) is 22.0 Å². The molecule has 0 aliphatic rings. The van der Waals surface area contributed by atoms with Crippen LogP contribution in [0, 0.1) is 0 Å². The fraction of sp³-hybridized carbons (Fsp3) is 0.0741. The number of sulfone groups is 1. The van der Waals surface area contributed by atoms with Gasteiger partial charge in [-0.1, -0.05) is 82.7 Å². The van der Waals surface area contributed by atoms with Crippen molar-refractivity contribution in [1.29, 1.82) is 0 Å². The third-order valence-corrected chi connectivity index (χ3v) is 7.40. The van der Waals surface area contributed by atoms with Gasteiger partial charge in [-0.2, -0.15) is 5.06 Å². The van der Waals surface area contributed by atoms with E-state index in [0.717, 1.165) is 4.47 Å². The summed E-state index contributed by atoms with van der Waals surface area (Å²) in [5.41, 5.74) is 1.55. The molecule has 5 nitrogen and oxygen atoms in total. The molecule has 0 saturated heterocycles. The lowest BCUT2D eigenvalue weighted by molar-refractivity contribution is 0.0357. The number of hydrogen-bond acceptors (Lipinski definition) is 4. The van der Waals surface area contributed by atoms with Crippen LogP contribution in [-0.2, 0) is 14.7 Å². The Bertz CT molecular complexity index is 1330. The fourth-order valence-corrected chi connectivity index (χ4v) is 5.08. The maximum absolute atomic E-state index is 13.4. The van der Waals surface area contributed by atoms with Crippen molar-refractivity contribution in [2.45, 2.75) is 11.0 Å². The maximum atomic E-state index is 13.4. The Kier molecular flexibility index (Phi) is 7.57. The minimum atomic E-state index is -3.71. The molecule has 0 aliphatic carbocycles. The van der Waals surface area contributed by atoms with Crippen molar-refractivity contribution >= 4 is 37.4 Å². The van der Waals surface area contributed by atoms with Gasteiger partial charge in [0, 0.05) is 10.0 Å². The number of nitrogens with zero attached hydrogens (tertiary/aromatic N) is 1. The maximum Gasteiger partial charge on any atom is 0.282 e. The molecule has 4 rings (SSSR count). The zero-order chi connectivity index (χ0) is 24.0. The van der Waals surface area contributed by atoms with E-state index in [0.29, 0.717) is 16.8 Å². The van der Waals surface area contributed by atoms with E-state index in [2.05, 4.69) is 15.9 Å². The number of rotatable bonds is 8. The molecule has 0 heterocycles. The molecule has 1 amide bonds. The number of halogens is 1. The van der Waals surface area contributed by atoms with Gasteiger partial charge in [-0.15, -0.1) is 0 Å². The topological polar surface area (TPSA) is 63.7 Å². The quantitative estimate of drug-likeness (QED) is 0.250. The van der Waals surface area contributed by atoms with Crippen molar-refractivity contribution in [2.24, 2.45) is 0 Å². The molecule has 0 aliphatic heterocycles. The molecule has 0 radical (unpaired) electrons. The Balaban J connectivity index is 1.74. The summed E-state index contributed by atoms with van der Waals surface area (Å²) in [7, 11) is -3.71. The monoisotopic (exact) mass is 535 g/mol. The number of carbonyl (C=O) groups excluding carboxylic acids is 1. The predicted octanol–water partition coefficient (Wildman–Crippen LogP) is 6.24. The number of amides is 1. The van der Waals surface area contributed by atoms with Gasteiger partial charge in [0.15, 0.2) is 9.84 Å². The SMILES string of the molecule is O=C(c1ccccc1)N(O[C@H](CS(=O)(=O)c1ccccc1)c1ccc(Br)cc1)c1ccccc1. The van der Waals surface area contributed by atoms with Crippen LogP contribution >= 0.6 is 15.9 Å². The van der Waals surface area contributed by atoms with E-state index in [-0.39, 0.29) is 10.6 Å². The molecular formula is C27H22BrNO4S. The first-order valence-corrected chi connectivity index (χ1v) is 13.0. The van der Waals surface area contributed by atoms with Crippen molar-refractivity contribution in [2.75, 3.05) is 10.8 Å². The van der Waals surface area contributed by atoms with Gasteiger partial charge in [0.1, 0.15) is 6.10 Å². The summed E-state index contributed by atoms with van der Waals surface area (Å²) in [6.45, 7) is 0. The number of carbonyl (C=O) groups is 1. The zero-order valence-corrected chi connectivity index (χ0v) is 20.5. The lowest BCUT2D eigenvalue weighted by atomic mass is 10.1. The highest BCUT2D eigenvalue weighted by molar-refractivity contribution is 9.10. The van der Waals surface area contributed by atoms with Crippen LogP contribution in [0.4, 0.5) is 5.69 Å². The number of para-hydroxylation sites is 1. The molecule has 0 spiro atoms. The molecule has 0 aromatic heterocycles. The third kappa shape index (κ3) is 5.80. The Hall–Kier alpha value is -3.26. The summed E-state index contributed by atoms with van der Waals surface area (Å²) in [5.74, 6) is -0.740. The molecule has 0 N–H and O–H groups in total. The lowest BCUT2D eigenvalue weighted by Crippen LogP contribution is -2.34. The van der Waals surface area contributed by atoms with Crippen LogP contribution in [-0.4, -0.2) is 20.1 Å². The van der Waals surface area contributed by atoms with E-state index in [1.165, 1.54) is 5.06 Å². The van der Waals surface area contributed by atoms with Crippen LogP contribution in [0.25, 0.3) is 0 Å². The molecule has 4 aromatic rings. The normalized spacial score (nSPS) is 12.1. The van der Waals surface area contributed by atoms with Gasteiger partial charge in [-0.25, -0.2) is 8.42 Å². The van der Waals surface area contributed by atoms with Gasteiger partial charge in [-0.05, 0) is 54.1 Å². The van der Waals surface area contributed by atoms with E-state index in [9.17, 15) is 13.2 Å². The van der Waals surface area contributed by atoms with Crippen molar-refractivity contribution in [3.8, 4) is 0 Å². The molecule has 0 unspecified atom stereocenters. The fourth-order valence-electron chi connectivity index (χ4n) is 3.40. The molecular weight excluding hydrogens is 514 g/mol. The van der Waals surface area contributed by atoms with Crippen molar-refractivity contribution < 1.29 is 18.0 Å².